The third-order valence-corrected chi connectivity index (χ3v) is 6.41. The highest BCUT2D eigenvalue weighted by Gasteiger charge is 2.32. The molecule has 0 radical (unpaired) electrons. The Kier molecular flexibility index (Phi) is 4.58. The third kappa shape index (κ3) is 3.55. The van der Waals surface area contributed by atoms with Crippen LogP contribution in [-0.4, -0.2) is 35.9 Å². The second-order valence-electron chi connectivity index (χ2n) is 6.64. The Morgan fingerprint density at radius 3 is 2.52 bits per heavy atom. The van der Waals surface area contributed by atoms with Crippen LogP contribution >= 0.6 is 0 Å². The highest BCUT2D eigenvalue weighted by Crippen LogP contribution is 2.26. The van der Waals surface area contributed by atoms with Crippen LogP contribution in [0.15, 0.2) is 23.4 Å². The van der Waals surface area contributed by atoms with Crippen LogP contribution in [0.1, 0.15) is 40.0 Å². The normalized spacial score (nSPS) is 23.2. The van der Waals surface area contributed by atoms with Gasteiger partial charge >= 0.3 is 0 Å². The number of nitrogens with one attached hydrogen (secondary N) is 1. The van der Waals surface area contributed by atoms with Gasteiger partial charge in [-0.15, -0.1) is 0 Å². The van der Waals surface area contributed by atoms with E-state index in [4.69, 9.17) is 0 Å². The number of hydrogen-bond acceptors (Lipinski definition) is 5. The van der Waals surface area contributed by atoms with Gasteiger partial charge in [0.25, 0.3) is 0 Å². The van der Waals surface area contributed by atoms with E-state index in [-0.39, 0.29) is 17.0 Å². The summed E-state index contributed by atoms with van der Waals surface area (Å²) in [5.41, 5.74) is 0.780. The van der Waals surface area contributed by atoms with Gasteiger partial charge in [0.1, 0.15) is 0 Å². The number of aromatic nitrogens is 1. The fourth-order valence-electron chi connectivity index (χ4n) is 2.46. The molecule has 118 valence electrons. The summed E-state index contributed by atoms with van der Waals surface area (Å²) in [6, 6.07) is 3.26. The molecule has 1 fully saturated rings. The van der Waals surface area contributed by atoms with Crippen molar-refractivity contribution in [3.05, 3.63) is 18.3 Å². The molecule has 5 nitrogen and oxygen atoms in total. The maximum atomic E-state index is 12.3. The molecule has 1 aromatic heterocycles. The standard InChI is InChI=1S/C15H24N2O3S/c1-15(2,3)21(19,20)14-8-7-12(10-17-14)16-9-11-5-4-6-13(11)18/h7-8,10-11,13,16,18H,4-6,9H2,1-3H3/t11-,13+/m1/s1. The number of rotatable bonds is 4. The Morgan fingerprint density at radius 1 is 1.33 bits per heavy atom. The molecule has 1 aliphatic carbocycles. The van der Waals surface area contributed by atoms with Crippen LogP contribution in [0.2, 0.25) is 0 Å². The molecular weight excluding hydrogens is 288 g/mol. The van der Waals surface area contributed by atoms with Gasteiger partial charge < -0.3 is 10.4 Å². The summed E-state index contributed by atoms with van der Waals surface area (Å²) in [5, 5.41) is 13.1. The van der Waals surface area contributed by atoms with E-state index in [9.17, 15) is 13.5 Å². The largest absolute Gasteiger partial charge is 0.393 e. The molecule has 2 rings (SSSR count). The molecule has 0 unspecified atom stereocenters. The van der Waals surface area contributed by atoms with E-state index in [0.29, 0.717) is 6.54 Å². The molecule has 0 spiro atoms. The van der Waals surface area contributed by atoms with Gasteiger partial charge in [-0.2, -0.15) is 0 Å². The fraction of sp³-hybridized carbons (Fsp3) is 0.667. The van der Waals surface area contributed by atoms with Crippen molar-refractivity contribution in [1.82, 2.24) is 4.98 Å². The highest BCUT2D eigenvalue weighted by atomic mass is 32.2. The smallest absolute Gasteiger partial charge is 0.200 e. The number of sulfone groups is 1. The molecule has 2 N–H and O–H groups in total. The Morgan fingerprint density at radius 2 is 2.05 bits per heavy atom. The lowest BCUT2D eigenvalue weighted by Crippen LogP contribution is -2.28. The van der Waals surface area contributed by atoms with Crippen molar-refractivity contribution in [2.24, 2.45) is 5.92 Å². The van der Waals surface area contributed by atoms with Crippen molar-refractivity contribution >= 4 is 15.5 Å². The maximum Gasteiger partial charge on any atom is 0.200 e. The van der Waals surface area contributed by atoms with Gasteiger partial charge in [-0.05, 0) is 45.7 Å². The monoisotopic (exact) mass is 312 g/mol. The van der Waals surface area contributed by atoms with Crippen LogP contribution in [0.25, 0.3) is 0 Å². The number of hydrogen-bond donors (Lipinski definition) is 2. The lowest BCUT2D eigenvalue weighted by atomic mass is 10.1. The molecule has 1 aromatic rings. The first-order valence-corrected chi connectivity index (χ1v) is 8.83. The Hall–Kier alpha value is -1.14. The molecule has 0 amide bonds. The van der Waals surface area contributed by atoms with E-state index in [1.807, 2.05) is 0 Å². The number of anilines is 1. The number of aliphatic hydroxyl groups is 1. The predicted octanol–water partition coefficient (Wildman–Crippen LogP) is 2.23. The fourth-order valence-corrected chi connectivity index (χ4v) is 3.53. The summed E-state index contributed by atoms with van der Waals surface area (Å²) >= 11 is 0. The second kappa shape index (κ2) is 5.93. The van der Waals surface area contributed by atoms with Gasteiger partial charge in [-0.3, -0.25) is 0 Å². The quantitative estimate of drug-likeness (QED) is 0.891. The van der Waals surface area contributed by atoms with Crippen LogP contribution < -0.4 is 5.32 Å². The zero-order chi connectivity index (χ0) is 15.7. The second-order valence-corrected chi connectivity index (χ2v) is 9.29. The molecule has 6 heteroatoms. The van der Waals surface area contributed by atoms with Crippen LogP contribution in [0.3, 0.4) is 0 Å². The Bertz CT molecular complexity index is 576. The van der Waals surface area contributed by atoms with Gasteiger partial charge in [-0.1, -0.05) is 6.42 Å². The van der Waals surface area contributed by atoms with Crippen LogP contribution in [0.4, 0.5) is 5.69 Å². The summed E-state index contributed by atoms with van der Waals surface area (Å²) in [7, 11) is -3.41. The van der Waals surface area contributed by atoms with Crippen molar-refractivity contribution in [2.45, 2.75) is 55.9 Å². The van der Waals surface area contributed by atoms with Crippen LogP contribution in [0.5, 0.6) is 0 Å². The third-order valence-electron chi connectivity index (χ3n) is 4.01. The van der Waals surface area contributed by atoms with Gasteiger partial charge in [-0.25, -0.2) is 13.4 Å². The van der Waals surface area contributed by atoms with Crippen molar-refractivity contribution in [3.63, 3.8) is 0 Å². The summed E-state index contributed by atoms with van der Waals surface area (Å²) in [6.45, 7) is 5.68. The molecule has 0 aromatic carbocycles. The minimum absolute atomic E-state index is 0.0986. The van der Waals surface area contributed by atoms with Gasteiger partial charge in [0.2, 0.25) is 0 Å². The van der Waals surface area contributed by atoms with Crippen molar-refractivity contribution < 1.29 is 13.5 Å². The van der Waals surface area contributed by atoms with Gasteiger partial charge in [0.15, 0.2) is 14.9 Å². The molecular formula is C15H24N2O3S. The first-order valence-electron chi connectivity index (χ1n) is 7.34. The van der Waals surface area contributed by atoms with Crippen molar-refractivity contribution in [3.8, 4) is 0 Å². The number of aliphatic hydroxyl groups excluding tert-OH is 1. The average Bonchev–Trinajstić information content (AvgIpc) is 2.81. The molecule has 2 atom stereocenters. The van der Waals surface area contributed by atoms with Crippen molar-refractivity contribution in [2.75, 3.05) is 11.9 Å². The summed E-state index contributed by atoms with van der Waals surface area (Å²) in [5.74, 6) is 0.267. The molecule has 1 saturated carbocycles. The van der Waals surface area contributed by atoms with E-state index in [0.717, 1.165) is 24.9 Å². The summed E-state index contributed by atoms with van der Waals surface area (Å²) in [4.78, 5) is 4.07. The summed E-state index contributed by atoms with van der Waals surface area (Å²) < 4.78 is 23.7. The first-order chi connectivity index (χ1) is 9.72. The minimum atomic E-state index is -3.41. The zero-order valence-corrected chi connectivity index (χ0v) is 13.7. The topological polar surface area (TPSA) is 79.3 Å². The molecule has 21 heavy (non-hydrogen) atoms. The number of nitrogens with zero attached hydrogens (tertiary/aromatic N) is 1. The van der Waals surface area contributed by atoms with Crippen LogP contribution in [-0.2, 0) is 9.84 Å². The molecule has 0 aliphatic heterocycles. The Labute approximate surface area is 126 Å². The zero-order valence-electron chi connectivity index (χ0n) is 12.8. The molecule has 1 heterocycles. The van der Waals surface area contributed by atoms with E-state index < -0.39 is 14.6 Å². The Balaban J connectivity index is 2.03. The molecule has 0 saturated heterocycles. The lowest BCUT2D eigenvalue weighted by molar-refractivity contribution is 0.138. The molecule has 0 bridgehead atoms. The highest BCUT2D eigenvalue weighted by molar-refractivity contribution is 7.92. The number of pyridine rings is 1. The van der Waals surface area contributed by atoms with E-state index >= 15 is 0 Å². The van der Waals surface area contributed by atoms with E-state index in [2.05, 4.69) is 10.3 Å². The molecule has 1 aliphatic rings. The van der Waals surface area contributed by atoms with Crippen LogP contribution in [0, 0.1) is 5.92 Å². The predicted molar refractivity (Wildman–Crippen MR) is 83.0 cm³/mol. The van der Waals surface area contributed by atoms with E-state index in [1.165, 1.54) is 6.07 Å². The summed E-state index contributed by atoms with van der Waals surface area (Å²) in [6.07, 6.45) is 4.27. The maximum absolute atomic E-state index is 12.3. The van der Waals surface area contributed by atoms with E-state index in [1.54, 1.807) is 33.0 Å². The SMILES string of the molecule is CC(C)(C)S(=O)(=O)c1ccc(NC[C@H]2CCC[C@@H]2O)cn1. The minimum Gasteiger partial charge on any atom is -0.393 e. The van der Waals surface area contributed by atoms with Crippen molar-refractivity contribution in [1.29, 1.82) is 0 Å². The lowest BCUT2D eigenvalue weighted by Gasteiger charge is -2.19. The average molecular weight is 312 g/mol. The first kappa shape index (κ1) is 16.2. The van der Waals surface area contributed by atoms with Gasteiger partial charge in [0.05, 0.1) is 22.7 Å². The van der Waals surface area contributed by atoms with Gasteiger partial charge in [0, 0.05) is 12.5 Å².